The van der Waals surface area contributed by atoms with Crippen molar-refractivity contribution in [1.29, 1.82) is 0 Å². The molecule has 1 aromatic rings. The Bertz CT molecular complexity index is 1060. The average molecular weight is 499 g/mol. The van der Waals surface area contributed by atoms with Crippen molar-refractivity contribution >= 4 is 29.7 Å². The molecule has 2 unspecified atom stereocenters. The normalized spacial score (nSPS) is 31.6. The molecule has 196 valence electrons. The van der Waals surface area contributed by atoms with Gasteiger partial charge in [-0.25, -0.2) is 4.68 Å². The van der Waals surface area contributed by atoms with Crippen LogP contribution in [0.5, 0.6) is 0 Å². The van der Waals surface area contributed by atoms with Crippen LogP contribution in [-0.4, -0.2) is 65.4 Å². The Morgan fingerprint density at radius 3 is 2.44 bits per heavy atom. The molecule has 36 heavy (non-hydrogen) atoms. The van der Waals surface area contributed by atoms with Crippen LogP contribution in [0.15, 0.2) is 12.3 Å². The van der Waals surface area contributed by atoms with E-state index in [2.05, 4.69) is 20.6 Å². The summed E-state index contributed by atoms with van der Waals surface area (Å²) in [5, 5.41) is 10.8. The van der Waals surface area contributed by atoms with Gasteiger partial charge in [0.15, 0.2) is 0 Å². The molecule has 10 nitrogen and oxygen atoms in total. The molecule has 4 bridgehead atoms. The van der Waals surface area contributed by atoms with E-state index in [4.69, 9.17) is 10.5 Å². The molecular formula is C26H38N6O4. The van der Waals surface area contributed by atoms with Crippen LogP contribution in [0.4, 0.5) is 5.82 Å². The summed E-state index contributed by atoms with van der Waals surface area (Å²) in [6.45, 7) is 7.77. The summed E-state index contributed by atoms with van der Waals surface area (Å²) >= 11 is 0. The third kappa shape index (κ3) is 4.63. The number of hydrogen-bond acceptors (Lipinski definition) is 6. The van der Waals surface area contributed by atoms with Gasteiger partial charge in [-0.15, -0.1) is 0 Å². The van der Waals surface area contributed by atoms with Crippen LogP contribution in [0.2, 0.25) is 0 Å². The summed E-state index contributed by atoms with van der Waals surface area (Å²) in [7, 11) is 0. The van der Waals surface area contributed by atoms with E-state index in [1.54, 1.807) is 17.1 Å². The smallest absolute Gasteiger partial charge is 0.256 e. The zero-order valence-electron chi connectivity index (χ0n) is 21.5. The topological polar surface area (TPSA) is 132 Å². The monoisotopic (exact) mass is 498 g/mol. The van der Waals surface area contributed by atoms with E-state index in [-0.39, 0.29) is 41.0 Å². The fourth-order valence-corrected chi connectivity index (χ4v) is 7.26. The second kappa shape index (κ2) is 9.21. The van der Waals surface area contributed by atoms with Gasteiger partial charge in [-0.3, -0.25) is 14.4 Å². The van der Waals surface area contributed by atoms with Crippen LogP contribution < -0.4 is 21.3 Å². The van der Waals surface area contributed by atoms with Gasteiger partial charge in [-0.05, 0) is 69.8 Å². The predicted molar refractivity (Wildman–Crippen MR) is 135 cm³/mol. The number of carbonyl (C=O) groups excluding carboxylic acids is 3. The van der Waals surface area contributed by atoms with Crippen molar-refractivity contribution in [2.24, 2.45) is 28.9 Å². The maximum absolute atomic E-state index is 13.7. The maximum atomic E-state index is 13.7. The summed E-state index contributed by atoms with van der Waals surface area (Å²) in [5.41, 5.74) is 5.41. The van der Waals surface area contributed by atoms with Gasteiger partial charge in [0.2, 0.25) is 11.8 Å². The maximum Gasteiger partial charge on any atom is 0.256 e. The van der Waals surface area contributed by atoms with Crippen LogP contribution >= 0.6 is 0 Å². The highest BCUT2D eigenvalue weighted by atomic mass is 16.5. The Balaban J connectivity index is 1.39. The zero-order valence-corrected chi connectivity index (χ0v) is 21.5. The number of carbonyl (C=O) groups is 3. The van der Waals surface area contributed by atoms with Crippen LogP contribution in [0, 0.1) is 23.2 Å². The molecule has 1 saturated heterocycles. The van der Waals surface area contributed by atoms with Gasteiger partial charge in [0.25, 0.3) is 5.91 Å². The molecule has 2 heterocycles. The summed E-state index contributed by atoms with van der Waals surface area (Å²) in [6.07, 6.45) is 9.85. The molecule has 5 aliphatic rings. The number of primary amides is 1. The first kappa shape index (κ1) is 24.8. The Morgan fingerprint density at radius 1 is 1.17 bits per heavy atom. The van der Waals surface area contributed by atoms with E-state index >= 15 is 0 Å². The molecule has 4 N–H and O–H groups in total. The molecular weight excluding hydrogens is 460 g/mol. The van der Waals surface area contributed by atoms with Crippen LogP contribution in [0.25, 0.3) is 6.20 Å². The first-order chi connectivity index (χ1) is 17.1. The number of hydrogen-bond donors (Lipinski definition) is 3. The lowest BCUT2D eigenvalue weighted by molar-refractivity contribution is -0.145. The fourth-order valence-electron chi connectivity index (χ4n) is 7.26. The van der Waals surface area contributed by atoms with E-state index in [1.165, 1.54) is 6.92 Å². The van der Waals surface area contributed by atoms with E-state index in [0.29, 0.717) is 37.8 Å². The van der Waals surface area contributed by atoms with Gasteiger partial charge in [0, 0.05) is 37.7 Å². The van der Waals surface area contributed by atoms with E-state index in [1.807, 2.05) is 19.9 Å². The minimum absolute atomic E-state index is 0.0525. The van der Waals surface area contributed by atoms with E-state index < -0.39 is 5.54 Å². The molecule has 3 amide bonds. The fraction of sp³-hybridized carbons (Fsp3) is 0.692. The Kier molecular flexibility index (Phi) is 6.34. The van der Waals surface area contributed by atoms with Gasteiger partial charge < -0.3 is 26.0 Å². The Hall–Kier alpha value is -2.88. The molecule has 4 aliphatic carbocycles. The van der Waals surface area contributed by atoms with Crippen molar-refractivity contribution in [3.8, 4) is 0 Å². The van der Waals surface area contributed by atoms with Gasteiger partial charge in [0.1, 0.15) is 11.4 Å². The highest BCUT2D eigenvalue weighted by molar-refractivity contribution is 5.99. The Labute approximate surface area is 212 Å². The third-order valence-corrected chi connectivity index (χ3v) is 8.55. The molecule has 0 spiro atoms. The minimum atomic E-state index is -0.570. The van der Waals surface area contributed by atoms with Crippen LogP contribution in [-0.2, 0) is 14.3 Å². The third-order valence-electron chi connectivity index (χ3n) is 8.55. The number of ether oxygens (including phenoxy) is 1. The molecule has 1 aromatic heterocycles. The summed E-state index contributed by atoms with van der Waals surface area (Å²) < 4.78 is 7.25. The largest absolute Gasteiger partial charge is 0.378 e. The average Bonchev–Trinajstić information content (AvgIpc) is 3.23. The lowest BCUT2D eigenvalue weighted by atomic mass is 9.47. The minimum Gasteiger partial charge on any atom is -0.378 e. The molecule has 0 radical (unpaired) electrons. The lowest BCUT2D eigenvalue weighted by Crippen LogP contribution is -2.62. The quantitative estimate of drug-likeness (QED) is 0.522. The van der Waals surface area contributed by atoms with E-state index in [9.17, 15) is 14.4 Å². The SMILES string of the molecule is CC(=O)NC(C)(C)/C=C/n1ncc(C(=O)NC2C3CC4CC2CC(C(N)=O)(C4)C3)c1N1CCOCC1. The number of aromatic nitrogens is 2. The number of nitrogens with one attached hydrogen (secondary N) is 2. The highest BCUT2D eigenvalue weighted by Gasteiger charge is 2.58. The summed E-state index contributed by atoms with van der Waals surface area (Å²) in [4.78, 5) is 39.7. The first-order valence-electron chi connectivity index (χ1n) is 13.1. The van der Waals surface area contributed by atoms with Crippen molar-refractivity contribution in [1.82, 2.24) is 20.4 Å². The second-order valence-electron chi connectivity index (χ2n) is 11.8. The van der Waals surface area contributed by atoms with Crippen molar-refractivity contribution < 1.29 is 19.1 Å². The first-order valence-corrected chi connectivity index (χ1v) is 13.1. The van der Waals surface area contributed by atoms with Crippen molar-refractivity contribution in [2.75, 3.05) is 31.2 Å². The molecule has 5 fully saturated rings. The molecule has 1 aliphatic heterocycles. The van der Waals surface area contributed by atoms with Crippen molar-refractivity contribution in [3.05, 3.63) is 17.8 Å². The number of anilines is 1. The standard InChI is InChI=1S/C26H38N6O4/c1-16(33)30-25(2,3)4-5-32-23(31-6-8-36-9-7-31)20(15-28-32)22(34)29-21-18-10-17-11-19(21)14-26(12-17,13-18)24(27)35/h4-5,15,17-19,21H,6-14H2,1-3H3,(H2,27,35)(H,29,34)(H,30,33)/b5-4+. The second-order valence-corrected chi connectivity index (χ2v) is 11.8. The molecule has 0 aromatic carbocycles. The zero-order chi connectivity index (χ0) is 25.7. The van der Waals surface area contributed by atoms with E-state index in [0.717, 1.165) is 37.9 Å². The number of morpholine rings is 1. The highest BCUT2D eigenvalue weighted by Crippen LogP contribution is 2.60. The van der Waals surface area contributed by atoms with Crippen molar-refractivity contribution in [2.45, 2.75) is 64.5 Å². The van der Waals surface area contributed by atoms with Gasteiger partial charge >= 0.3 is 0 Å². The van der Waals surface area contributed by atoms with Crippen LogP contribution in [0.3, 0.4) is 0 Å². The Morgan fingerprint density at radius 2 is 1.83 bits per heavy atom. The van der Waals surface area contributed by atoms with Crippen LogP contribution in [0.1, 0.15) is 63.2 Å². The summed E-state index contributed by atoms with van der Waals surface area (Å²) in [5.74, 6) is 1.41. The summed E-state index contributed by atoms with van der Waals surface area (Å²) in [6, 6.07) is 0.0525. The van der Waals surface area contributed by atoms with Gasteiger partial charge in [-0.2, -0.15) is 5.10 Å². The number of nitrogens with two attached hydrogens (primary N) is 1. The van der Waals surface area contributed by atoms with Crippen molar-refractivity contribution in [3.63, 3.8) is 0 Å². The molecule has 2 atom stereocenters. The lowest BCUT2D eigenvalue weighted by Gasteiger charge is -2.58. The molecule has 10 heteroatoms. The van der Waals surface area contributed by atoms with Gasteiger partial charge in [-0.1, -0.05) is 0 Å². The number of rotatable bonds is 7. The number of nitrogens with zero attached hydrogens (tertiary/aromatic N) is 3. The number of amides is 3. The molecule has 6 rings (SSSR count). The predicted octanol–water partition coefficient (Wildman–Crippen LogP) is 1.52. The molecule has 4 saturated carbocycles. The van der Waals surface area contributed by atoms with Gasteiger partial charge in [0.05, 0.1) is 24.9 Å².